The summed E-state index contributed by atoms with van der Waals surface area (Å²) in [4.78, 5) is 4.34. The minimum Gasteiger partial charge on any atom is -0.406 e. The summed E-state index contributed by atoms with van der Waals surface area (Å²) in [6, 6.07) is 14.1. The van der Waals surface area contributed by atoms with Crippen LogP contribution in [0.4, 0.5) is 18.9 Å². The standard InChI is InChI=1S/C23H13Cl2F3N4O/c1-13-16(11-29)21(22-18(24)3-2-4-19(22)25)17(12-30)20(32-13)9-10-31-14-5-7-15(8-6-14)33-23(26,27)28/h2-10,31H,1H3. The summed E-state index contributed by atoms with van der Waals surface area (Å²) in [5, 5.41) is 22.9. The Morgan fingerprint density at radius 1 is 0.970 bits per heavy atom. The monoisotopic (exact) mass is 488 g/mol. The first kappa shape index (κ1) is 23.9. The number of hydrogen-bond donors (Lipinski definition) is 1. The highest BCUT2D eigenvalue weighted by molar-refractivity contribution is 6.39. The lowest BCUT2D eigenvalue weighted by Gasteiger charge is -2.14. The van der Waals surface area contributed by atoms with Crippen LogP contribution in [0.25, 0.3) is 17.2 Å². The van der Waals surface area contributed by atoms with Crippen LogP contribution in [-0.2, 0) is 0 Å². The van der Waals surface area contributed by atoms with Crippen LogP contribution < -0.4 is 10.1 Å². The highest BCUT2D eigenvalue weighted by Gasteiger charge is 2.31. The summed E-state index contributed by atoms with van der Waals surface area (Å²) in [5.41, 5.74) is 1.99. The number of nitrogens with zero attached hydrogens (tertiary/aromatic N) is 3. The minimum atomic E-state index is -4.77. The lowest BCUT2D eigenvalue weighted by atomic mass is 9.93. The molecule has 33 heavy (non-hydrogen) atoms. The smallest absolute Gasteiger partial charge is 0.406 e. The maximum Gasteiger partial charge on any atom is 0.573 e. The second-order valence-corrected chi connectivity index (χ2v) is 7.39. The summed E-state index contributed by atoms with van der Waals surface area (Å²) in [6.45, 7) is 1.62. The van der Waals surface area contributed by atoms with Gasteiger partial charge in [0.15, 0.2) is 0 Å². The van der Waals surface area contributed by atoms with Crippen molar-refractivity contribution in [2.24, 2.45) is 0 Å². The van der Waals surface area contributed by atoms with E-state index < -0.39 is 6.36 Å². The van der Waals surface area contributed by atoms with Gasteiger partial charge in [0.25, 0.3) is 0 Å². The van der Waals surface area contributed by atoms with E-state index in [4.69, 9.17) is 23.2 Å². The second-order valence-electron chi connectivity index (χ2n) is 6.58. The zero-order chi connectivity index (χ0) is 24.2. The van der Waals surface area contributed by atoms with Crippen LogP contribution in [0.15, 0.2) is 48.7 Å². The first-order valence-corrected chi connectivity index (χ1v) is 9.98. The molecule has 0 aliphatic heterocycles. The zero-order valence-electron chi connectivity index (χ0n) is 16.8. The Morgan fingerprint density at radius 2 is 1.58 bits per heavy atom. The lowest BCUT2D eigenvalue weighted by Crippen LogP contribution is -2.16. The van der Waals surface area contributed by atoms with Crippen molar-refractivity contribution < 1.29 is 17.9 Å². The van der Waals surface area contributed by atoms with Crippen molar-refractivity contribution in [3.63, 3.8) is 0 Å². The van der Waals surface area contributed by atoms with Gasteiger partial charge in [0.1, 0.15) is 17.9 Å². The van der Waals surface area contributed by atoms with Gasteiger partial charge >= 0.3 is 6.36 Å². The zero-order valence-corrected chi connectivity index (χ0v) is 18.3. The Balaban J connectivity index is 1.98. The highest BCUT2D eigenvalue weighted by atomic mass is 35.5. The van der Waals surface area contributed by atoms with Crippen LogP contribution in [-0.4, -0.2) is 11.3 Å². The first-order chi connectivity index (χ1) is 15.6. The number of halogens is 5. The molecule has 0 bridgehead atoms. The number of hydrogen-bond acceptors (Lipinski definition) is 5. The number of benzene rings is 2. The van der Waals surface area contributed by atoms with E-state index in [0.29, 0.717) is 16.9 Å². The number of alkyl halides is 3. The summed E-state index contributed by atoms with van der Waals surface area (Å²) in [5.74, 6) is -0.352. The van der Waals surface area contributed by atoms with E-state index in [9.17, 15) is 23.7 Å². The molecule has 5 nitrogen and oxygen atoms in total. The average Bonchev–Trinajstić information content (AvgIpc) is 2.74. The van der Waals surface area contributed by atoms with E-state index in [1.165, 1.54) is 24.4 Å². The molecule has 0 aliphatic carbocycles. The molecular formula is C23H13Cl2F3N4O. The number of ether oxygens (including phenoxy) is 1. The van der Waals surface area contributed by atoms with Gasteiger partial charge in [-0.1, -0.05) is 29.3 Å². The molecule has 0 saturated carbocycles. The lowest BCUT2D eigenvalue weighted by molar-refractivity contribution is -0.274. The molecular weight excluding hydrogens is 476 g/mol. The van der Waals surface area contributed by atoms with E-state index in [2.05, 4.69) is 27.2 Å². The highest BCUT2D eigenvalue weighted by Crippen LogP contribution is 2.40. The molecule has 2 aromatic carbocycles. The Bertz CT molecular complexity index is 1290. The third kappa shape index (κ3) is 5.56. The van der Waals surface area contributed by atoms with Crippen molar-refractivity contribution in [2.75, 3.05) is 5.32 Å². The fourth-order valence-electron chi connectivity index (χ4n) is 3.05. The van der Waals surface area contributed by atoms with Gasteiger partial charge in [0.05, 0.1) is 22.5 Å². The van der Waals surface area contributed by atoms with E-state index in [0.717, 1.165) is 12.1 Å². The van der Waals surface area contributed by atoms with Crippen molar-refractivity contribution >= 4 is 35.0 Å². The van der Waals surface area contributed by atoms with Gasteiger partial charge in [0, 0.05) is 33.1 Å². The van der Waals surface area contributed by atoms with E-state index in [1.807, 2.05) is 0 Å². The maximum atomic E-state index is 12.3. The number of aromatic nitrogens is 1. The molecule has 1 N–H and O–H groups in total. The van der Waals surface area contributed by atoms with Gasteiger partial charge < -0.3 is 10.1 Å². The van der Waals surface area contributed by atoms with Crippen LogP contribution in [0, 0.1) is 29.6 Å². The van der Waals surface area contributed by atoms with Crippen LogP contribution in [0.5, 0.6) is 5.75 Å². The number of aryl methyl sites for hydroxylation is 1. The molecule has 1 aromatic heterocycles. The quantitative estimate of drug-likeness (QED) is 0.414. The molecule has 0 saturated heterocycles. The van der Waals surface area contributed by atoms with E-state index in [-0.39, 0.29) is 38.2 Å². The van der Waals surface area contributed by atoms with Gasteiger partial charge in [-0.3, -0.25) is 4.98 Å². The topological polar surface area (TPSA) is 81.7 Å². The number of nitriles is 2. The van der Waals surface area contributed by atoms with Crippen LogP contribution in [0.3, 0.4) is 0 Å². The molecule has 0 spiro atoms. The Kier molecular flexibility index (Phi) is 7.13. The van der Waals surface area contributed by atoms with Crippen LogP contribution in [0.1, 0.15) is 22.5 Å². The molecule has 10 heteroatoms. The Hall–Kier alpha value is -3.72. The molecule has 0 fully saturated rings. The second kappa shape index (κ2) is 9.83. The Labute approximate surface area is 197 Å². The molecule has 3 rings (SSSR count). The molecule has 0 aliphatic rings. The molecule has 166 valence electrons. The molecule has 1 heterocycles. The normalized spacial score (nSPS) is 11.2. The molecule has 3 aromatic rings. The number of anilines is 1. The largest absolute Gasteiger partial charge is 0.573 e. The predicted octanol–water partition coefficient (Wildman–Crippen LogP) is 7.09. The molecule has 0 atom stereocenters. The van der Waals surface area contributed by atoms with Crippen molar-refractivity contribution in [1.29, 1.82) is 10.5 Å². The van der Waals surface area contributed by atoms with Crippen molar-refractivity contribution in [3.05, 3.63) is 81.2 Å². The van der Waals surface area contributed by atoms with Gasteiger partial charge in [-0.05, 0) is 49.4 Å². The number of pyridine rings is 1. The van der Waals surface area contributed by atoms with E-state index in [1.54, 1.807) is 25.1 Å². The predicted molar refractivity (Wildman–Crippen MR) is 120 cm³/mol. The number of rotatable bonds is 5. The molecule has 0 radical (unpaired) electrons. The van der Waals surface area contributed by atoms with Crippen LogP contribution >= 0.6 is 23.2 Å². The van der Waals surface area contributed by atoms with Gasteiger partial charge in [-0.15, -0.1) is 13.2 Å². The summed E-state index contributed by atoms with van der Waals surface area (Å²) < 4.78 is 40.7. The number of nitrogens with one attached hydrogen (secondary N) is 1. The van der Waals surface area contributed by atoms with Crippen molar-refractivity contribution in [3.8, 4) is 29.0 Å². The van der Waals surface area contributed by atoms with Gasteiger partial charge in [0.2, 0.25) is 0 Å². The maximum absolute atomic E-state index is 12.3. The first-order valence-electron chi connectivity index (χ1n) is 9.22. The summed E-state index contributed by atoms with van der Waals surface area (Å²) in [6.07, 6.45) is -1.81. The summed E-state index contributed by atoms with van der Waals surface area (Å²) >= 11 is 12.7. The van der Waals surface area contributed by atoms with Crippen molar-refractivity contribution in [1.82, 2.24) is 4.98 Å². The van der Waals surface area contributed by atoms with Gasteiger partial charge in [-0.25, -0.2) is 0 Å². The Morgan fingerprint density at radius 3 is 2.12 bits per heavy atom. The van der Waals surface area contributed by atoms with Crippen LogP contribution in [0.2, 0.25) is 10.0 Å². The third-order valence-corrected chi connectivity index (χ3v) is 5.05. The minimum absolute atomic E-state index is 0.0964. The summed E-state index contributed by atoms with van der Waals surface area (Å²) in [7, 11) is 0. The molecule has 0 amide bonds. The third-order valence-electron chi connectivity index (χ3n) is 4.42. The fraction of sp³-hybridized carbons (Fsp3) is 0.0870. The van der Waals surface area contributed by atoms with Gasteiger partial charge in [-0.2, -0.15) is 10.5 Å². The van der Waals surface area contributed by atoms with Crippen molar-refractivity contribution in [2.45, 2.75) is 13.3 Å². The molecule has 0 unspecified atom stereocenters. The fourth-order valence-corrected chi connectivity index (χ4v) is 3.64. The average molecular weight is 489 g/mol. The SMILES string of the molecule is Cc1nc(C=CNc2ccc(OC(F)(F)F)cc2)c(C#N)c(-c2c(Cl)cccc2Cl)c1C#N. The van der Waals surface area contributed by atoms with E-state index >= 15 is 0 Å².